The van der Waals surface area contributed by atoms with Gasteiger partial charge in [0.1, 0.15) is 5.82 Å². The van der Waals surface area contributed by atoms with E-state index < -0.39 is 0 Å². The summed E-state index contributed by atoms with van der Waals surface area (Å²) in [5.41, 5.74) is 1.22. The molecule has 0 saturated carbocycles. The second-order valence-electron chi connectivity index (χ2n) is 4.05. The van der Waals surface area contributed by atoms with Crippen LogP contribution in [0.3, 0.4) is 0 Å². The van der Waals surface area contributed by atoms with Crippen molar-refractivity contribution in [3.63, 3.8) is 0 Å². The van der Waals surface area contributed by atoms with E-state index in [1.54, 1.807) is 0 Å². The number of hydrogen-bond donors (Lipinski definition) is 1. The molecule has 14 heavy (non-hydrogen) atoms. The number of halogens is 1. The van der Waals surface area contributed by atoms with E-state index >= 15 is 0 Å². The van der Waals surface area contributed by atoms with Crippen LogP contribution in [0.15, 0.2) is 0 Å². The molecule has 4 heteroatoms. The van der Waals surface area contributed by atoms with Gasteiger partial charge in [0.05, 0.1) is 12.2 Å². The van der Waals surface area contributed by atoms with Gasteiger partial charge in [0.25, 0.3) is 0 Å². The maximum atomic E-state index is 6.10. The molecule has 1 aliphatic rings. The van der Waals surface area contributed by atoms with E-state index in [1.165, 1.54) is 12.1 Å². The van der Waals surface area contributed by atoms with Crippen molar-refractivity contribution in [3.8, 4) is 0 Å². The Balaban J connectivity index is 2.33. The Labute approximate surface area is 89.5 Å². The Bertz CT molecular complexity index is 332. The third kappa shape index (κ3) is 1.66. The summed E-state index contributed by atoms with van der Waals surface area (Å²) in [6.45, 7) is 4.13. The molecule has 0 aromatic carbocycles. The van der Waals surface area contributed by atoms with E-state index in [-0.39, 0.29) is 0 Å². The molecule has 2 heterocycles. The average molecular weight is 214 g/mol. The minimum Gasteiger partial charge on any atom is -0.329 e. The number of nitrogens with one attached hydrogen (secondary N) is 1. The first kappa shape index (κ1) is 9.99. The molecule has 1 aromatic rings. The van der Waals surface area contributed by atoms with Crippen LogP contribution in [0.25, 0.3) is 0 Å². The lowest BCUT2D eigenvalue weighted by molar-refractivity contribution is 0.407. The van der Waals surface area contributed by atoms with Crippen molar-refractivity contribution in [2.45, 2.75) is 32.9 Å². The molecular formula is C10H16ClN3. The van der Waals surface area contributed by atoms with Gasteiger partial charge in [-0.3, -0.25) is 0 Å². The Hall–Kier alpha value is -0.540. The van der Waals surface area contributed by atoms with Gasteiger partial charge in [0.15, 0.2) is 5.15 Å². The highest BCUT2D eigenvalue weighted by Gasteiger charge is 2.21. The van der Waals surface area contributed by atoms with E-state index in [0.29, 0.717) is 5.15 Å². The average Bonchev–Trinajstić information content (AvgIpc) is 2.44. The van der Waals surface area contributed by atoms with Gasteiger partial charge in [-0.2, -0.15) is 0 Å². The zero-order chi connectivity index (χ0) is 10.1. The largest absolute Gasteiger partial charge is 0.329 e. The van der Waals surface area contributed by atoms with Crippen LogP contribution in [0.5, 0.6) is 0 Å². The highest BCUT2D eigenvalue weighted by molar-refractivity contribution is 6.30. The molecule has 1 unspecified atom stereocenters. The SMILES string of the molecule is CNCc1nc(Cl)c2n1CCC(C)C2. The molecule has 1 aromatic heterocycles. The minimum atomic E-state index is 0.696. The summed E-state index contributed by atoms with van der Waals surface area (Å²) in [5, 5.41) is 3.81. The first-order valence-electron chi connectivity index (χ1n) is 5.10. The molecular weight excluding hydrogens is 198 g/mol. The van der Waals surface area contributed by atoms with Crippen LogP contribution in [0.1, 0.15) is 24.9 Å². The normalized spacial score (nSPS) is 20.9. The van der Waals surface area contributed by atoms with E-state index in [9.17, 15) is 0 Å². The monoisotopic (exact) mass is 213 g/mol. The Morgan fingerprint density at radius 3 is 3.14 bits per heavy atom. The van der Waals surface area contributed by atoms with Crippen molar-refractivity contribution < 1.29 is 0 Å². The van der Waals surface area contributed by atoms with Crippen molar-refractivity contribution in [2.75, 3.05) is 7.05 Å². The predicted octanol–water partition coefficient (Wildman–Crippen LogP) is 1.84. The van der Waals surface area contributed by atoms with E-state index in [0.717, 1.165) is 31.3 Å². The molecule has 3 nitrogen and oxygen atoms in total. The predicted molar refractivity (Wildman–Crippen MR) is 57.5 cm³/mol. The zero-order valence-electron chi connectivity index (χ0n) is 8.68. The second kappa shape index (κ2) is 3.91. The highest BCUT2D eigenvalue weighted by atomic mass is 35.5. The molecule has 0 radical (unpaired) electrons. The van der Waals surface area contributed by atoms with Crippen LogP contribution in [0.4, 0.5) is 0 Å². The number of nitrogens with zero attached hydrogens (tertiary/aromatic N) is 2. The van der Waals surface area contributed by atoms with E-state index in [2.05, 4.69) is 21.8 Å². The Morgan fingerprint density at radius 2 is 2.43 bits per heavy atom. The van der Waals surface area contributed by atoms with Gasteiger partial charge in [-0.05, 0) is 25.8 Å². The summed E-state index contributed by atoms with van der Waals surface area (Å²) >= 11 is 6.10. The fourth-order valence-electron chi connectivity index (χ4n) is 2.04. The lowest BCUT2D eigenvalue weighted by atomic mass is 9.99. The third-order valence-electron chi connectivity index (χ3n) is 2.82. The summed E-state index contributed by atoms with van der Waals surface area (Å²) in [4.78, 5) is 4.38. The van der Waals surface area contributed by atoms with Crippen molar-refractivity contribution in [2.24, 2.45) is 5.92 Å². The third-order valence-corrected chi connectivity index (χ3v) is 3.13. The highest BCUT2D eigenvalue weighted by Crippen LogP contribution is 2.27. The van der Waals surface area contributed by atoms with Gasteiger partial charge < -0.3 is 9.88 Å². The Morgan fingerprint density at radius 1 is 1.64 bits per heavy atom. The van der Waals surface area contributed by atoms with Crippen molar-refractivity contribution in [3.05, 3.63) is 16.7 Å². The van der Waals surface area contributed by atoms with Gasteiger partial charge >= 0.3 is 0 Å². The van der Waals surface area contributed by atoms with Crippen LogP contribution >= 0.6 is 11.6 Å². The molecule has 0 saturated heterocycles. The smallest absolute Gasteiger partial charge is 0.150 e. The molecule has 1 N–H and O–H groups in total. The molecule has 0 bridgehead atoms. The van der Waals surface area contributed by atoms with Crippen LogP contribution in [0, 0.1) is 5.92 Å². The maximum Gasteiger partial charge on any atom is 0.150 e. The molecule has 1 atom stereocenters. The van der Waals surface area contributed by atoms with Crippen LogP contribution in [-0.4, -0.2) is 16.6 Å². The summed E-state index contributed by atoms with van der Waals surface area (Å²) in [6, 6.07) is 0. The van der Waals surface area contributed by atoms with Gasteiger partial charge in [0.2, 0.25) is 0 Å². The Kier molecular flexibility index (Phi) is 2.79. The second-order valence-corrected chi connectivity index (χ2v) is 4.40. The van der Waals surface area contributed by atoms with Gasteiger partial charge in [-0.15, -0.1) is 0 Å². The van der Waals surface area contributed by atoms with Crippen LogP contribution < -0.4 is 5.32 Å². The molecule has 0 aliphatic carbocycles. The van der Waals surface area contributed by atoms with Crippen molar-refractivity contribution >= 4 is 11.6 Å². The molecule has 0 amide bonds. The summed E-state index contributed by atoms with van der Waals surface area (Å²) in [7, 11) is 1.93. The maximum absolute atomic E-state index is 6.10. The molecule has 1 aliphatic heterocycles. The van der Waals surface area contributed by atoms with E-state index in [1.807, 2.05) is 7.05 Å². The fourth-order valence-corrected chi connectivity index (χ4v) is 2.32. The lowest BCUT2D eigenvalue weighted by Gasteiger charge is -2.21. The van der Waals surface area contributed by atoms with E-state index in [4.69, 9.17) is 11.6 Å². The number of imidazole rings is 1. The zero-order valence-corrected chi connectivity index (χ0v) is 9.43. The molecule has 2 rings (SSSR count). The summed E-state index contributed by atoms with van der Waals surface area (Å²) < 4.78 is 2.26. The number of aromatic nitrogens is 2. The molecule has 0 spiro atoms. The lowest BCUT2D eigenvalue weighted by Crippen LogP contribution is -2.20. The summed E-state index contributed by atoms with van der Waals surface area (Å²) in [5.74, 6) is 1.80. The first-order valence-corrected chi connectivity index (χ1v) is 5.48. The topological polar surface area (TPSA) is 29.9 Å². The molecule has 0 fully saturated rings. The number of hydrogen-bond acceptors (Lipinski definition) is 2. The van der Waals surface area contributed by atoms with Crippen molar-refractivity contribution in [1.82, 2.24) is 14.9 Å². The van der Waals surface area contributed by atoms with Gasteiger partial charge in [-0.25, -0.2) is 4.98 Å². The minimum absolute atomic E-state index is 0.696. The van der Waals surface area contributed by atoms with Crippen molar-refractivity contribution in [1.29, 1.82) is 0 Å². The fraction of sp³-hybridized carbons (Fsp3) is 0.700. The quantitative estimate of drug-likeness (QED) is 0.813. The van der Waals surface area contributed by atoms with Crippen LogP contribution in [-0.2, 0) is 19.5 Å². The summed E-state index contributed by atoms with van der Waals surface area (Å²) in [6.07, 6.45) is 2.30. The number of rotatable bonds is 2. The van der Waals surface area contributed by atoms with Gasteiger partial charge in [-0.1, -0.05) is 18.5 Å². The number of fused-ring (bicyclic) bond motifs is 1. The standard InChI is InChI=1S/C10H16ClN3/c1-7-3-4-14-8(5-7)10(11)13-9(14)6-12-2/h7,12H,3-6H2,1-2H3. The molecule has 78 valence electrons. The van der Waals surface area contributed by atoms with Crippen LogP contribution in [0.2, 0.25) is 5.15 Å². The first-order chi connectivity index (χ1) is 6.72. The van der Waals surface area contributed by atoms with Gasteiger partial charge in [0, 0.05) is 6.54 Å².